The fraction of sp³-hybridized carbons (Fsp3) is 0.273. The predicted molar refractivity (Wildman–Crippen MR) is 107 cm³/mol. The average molecular weight is 410 g/mol. The molecule has 0 fully saturated rings. The smallest absolute Gasteiger partial charge is 0.251 e. The molecule has 0 saturated carbocycles. The molecular weight excluding hydrogens is 388 g/mol. The molecule has 156 valence electrons. The van der Waals surface area contributed by atoms with Crippen LogP contribution in [0.15, 0.2) is 47.0 Å². The first-order chi connectivity index (χ1) is 14.6. The first-order valence-corrected chi connectivity index (χ1v) is 9.55. The Balaban J connectivity index is 1.26. The van der Waals surface area contributed by atoms with Crippen LogP contribution in [0.25, 0.3) is 0 Å². The molecule has 2 heterocycles. The molecule has 8 heteroatoms. The summed E-state index contributed by atoms with van der Waals surface area (Å²) in [5.41, 5.74) is 2.21. The van der Waals surface area contributed by atoms with Crippen LogP contribution in [0.5, 0.6) is 23.0 Å². The van der Waals surface area contributed by atoms with Gasteiger partial charge in [0.05, 0.1) is 17.8 Å². The molecule has 1 N–H and O–H groups in total. The van der Waals surface area contributed by atoms with Crippen LogP contribution in [0.1, 0.15) is 27.4 Å². The van der Waals surface area contributed by atoms with Crippen molar-refractivity contribution in [3.05, 3.63) is 65.0 Å². The minimum absolute atomic E-state index is 0.202. The molecule has 1 aromatic heterocycles. The molecule has 0 bridgehead atoms. The fourth-order valence-corrected chi connectivity index (χ4v) is 2.99. The summed E-state index contributed by atoms with van der Waals surface area (Å²) in [6.45, 7) is 4.94. The highest BCUT2D eigenvalue weighted by molar-refractivity contribution is 5.94. The van der Waals surface area contributed by atoms with Gasteiger partial charge in [0.25, 0.3) is 5.91 Å². The molecule has 0 saturated heterocycles. The molecule has 0 radical (unpaired) electrons. The summed E-state index contributed by atoms with van der Waals surface area (Å²) in [5, 5.41) is 6.75. The van der Waals surface area contributed by atoms with E-state index in [1.165, 1.54) is 0 Å². The summed E-state index contributed by atoms with van der Waals surface area (Å²) in [4.78, 5) is 12.4. The van der Waals surface area contributed by atoms with E-state index in [1.807, 2.05) is 13.8 Å². The van der Waals surface area contributed by atoms with Crippen molar-refractivity contribution in [2.75, 3.05) is 19.9 Å². The van der Waals surface area contributed by atoms with Crippen LogP contribution >= 0.6 is 0 Å². The van der Waals surface area contributed by atoms with Crippen molar-refractivity contribution in [2.24, 2.45) is 0 Å². The predicted octanol–water partition coefficient (Wildman–Crippen LogP) is 3.41. The molecular formula is C22H22N2O6. The number of nitrogens with zero attached hydrogens (tertiary/aromatic N) is 1. The van der Waals surface area contributed by atoms with E-state index in [0.717, 1.165) is 17.0 Å². The summed E-state index contributed by atoms with van der Waals surface area (Å²) in [6, 6.07) is 12.4. The van der Waals surface area contributed by atoms with Crippen molar-refractivity contribution in [3.63, 3.8) is 0 Å². The van der Waals surface area contributed by atoms with E-state index in [-0.39, 0.29) is 12.7 Å². The van der Waals surface area contributed by atoms with E-state index in [9.17, 15) is 4.79 Å². The lowest BCUT2D eigenvalue weighted by Crippen LogP contribution is -2.28. The second-order valence-corrected chi connectivity index (χ2v) is 6.74. The number of carbonyl (C=O) groups is 1. The van der Waals surface area contributed by atoms with Crippen LogP contribution in [0.2, 0.25) is 0 Å². The summed E-state index contributed by atoms with van der Waals surface area (Å²) < 4.78 is 27.2. The number of ether oxygens (including phenoxy) is 4. The van der Waals surface area contributed by atoms with E-state index < -0.39 is 0 Å². The van der Waals surface area contributed by atoms with Gasteiger partial charge >= 0.3 is 0 Å². The highest BCUT2D eigenvalue weighted by Crippen LogP contribution is 2.35. The third-order valence-corrected chi connectivity index (χ3v) is 4.66. The van der Waals surface area contributed by atoms with Gasteiger partial charge in [-0.05, 0) is 44.2 Å². The lowest BCUT2D eigenvalue weighted by molar-refractivity contribution is 0.0946. The van der Waals surface area contributed by atoms with Gasteiger partial charge in [0.2, 0.25) is 6.79 Å². The van der Waals surface area contributed by atoms with Gasteiger partial charge in [0.1, 0.15) is 30.5 Å². The molecule has 0 unspecified atom stereocenters. The second-order valence-electron chi connectivity index (χ2n) is 6.74. The van der Waals surface area contributed by atoms with Gasteiger partial charge in [-0.25, -0.2) is 0 Å². The Morgan fingerprint density at radius 1 is 1.07 bits per heavy atom. The molecule has 0 aliphatic carbocycles. The lowest BCUT2D eigenvalue weighted by atomic mass is 10.2. The van der Waals surface area contributed by atoms with Crippen LogP contribution in [-0.4, -0.2) is 31.0 Å². The number of aromatic nitrogens is 1. The molecule has 0 atom stereocenters. The number of aryl methyl sites for hydroxylation is 2. The number of amides is 1. The standard InChI is InChI=1S/C22H22N2O6/c1-14-19(15(2)30-24-14)12-27-17-5-3-4-16(10-17)22(25)23-8-9-26-18-6-7-20-21(11-18)29-13-28-20/h3-7,10-11H,8-9,12-13H2,1-2H3,(H,23,25). The Morgan fingerprint density at radius 3 is 2.73 bits per heavy atom. The zero-order valence-electron chi connectivity index (χ0n) is 16.8. The summed E-state index contributed by atoms with van der Waals surface area (Å²) in [6.07, 6.45) is 0. The third kappa shape index (κ3) is 4.48. The van der Waals surface area contributed by atoms with E-state index in [1.54, 1.807) is 42.5 Å². The summed E-state index contributed by atoms with van der Waals surface area (Å²) >= 11 is 0. The molecule has 2 aromatic carbocycles. The zero-order valence-corrected chi connectivity index (χ0v) is 16.8. The van der Waals surface area contributed by atoms with Gasteiger partial charge in [-0.1, -0.05) is 11.2 Å². The Morgan fingerprint density at radius 2 is 1.90 bits per heavy atom. The number of hydrogen-bond donors (Lipinski definition) is 1. The molecule has 1 amide bonds. The minimum Gasteiger partial charge on any atom is -0.492 e. The third-order valence-electron chi connectivity index (χ3n) is 4.66. The van der Waals surface area contributed by atoms with Gasteiger partial charge in [-0.3, -0.25) is 4.79 Å². The molecule has 1 aliphatic heterocycles. The van der Waals surface area contributed by atoms with Gasteiger partial charge < -0.3 is 28.8 Å². The highest BCUT2D eigenvalue weighted by atomic mass is 16.7. The maximum absolute atomic E-state index is 12.4. The second kappa shape index (κ2) is 8.77. The van der Waals surface area contributed by atoms with Crippen molar-refractivity contribution in [1.29, 1.82) is 0 Å². The van der Waals surface area contributed by atoms with E-state index in [4.69, 9.17) is 23.5 Å². The molecule has 1 aliphatic rings. The zero-order chi connectivity index (χ0) is 20.9. The average Bonchev–Trinajstić information content (AvgIpc) is 3.35. The van der Waals surface area contributed by atoms with Gasteiger partial charge in [0.15, 0.2) is 11.5 Å². The molecule has 4 rings (SSSR count). The highest BCUT2D eigenvalue weighted by Gasteiger charge is 2.14. The van der Waals surface area contributed by atoms with E-state index in [2.05, 4.69) is 10.5 Å². The van der Waals surface area contributed by atoms with E-state index in [0.29, 0.717) is 48.3 Å². The molecule has 3 aromatic rings. The Bertz CT molecular complexity index is 1030. The number of fused-ring (bicyclic) bond motifs is 1. The SMILES string of the molecule is Cc1noc(C)c1COc1cccc(C(=O)NCCOc2ccc3c(c2)OCO3)c1. The van der Waals surface area contributed by atoms with Crippen LogP contribution in [0.3, 0.4) is 0 Å². The van der Waals surface area contributed by atoms with Crippen molar-refractivity contribution in [1.82, 2.24) is 10.5 Å². The Hall–Kier alpha value is -3.68. The monoisotopic (exact) mass is 410 g/mol. The van der Waals surface area contributed by atoms with Crippen molar-refractivity contribution in [3.8, 4) is 23.0 Å². The normalized spacial score (nSPS) is 11.9. The first-order valence-electron chi connectivity index (χ1n) is 9.55. The number of rotatable bonds is 8. The number of nitrogens with one attached hydrogen (secondary N) is 1. The fourth-order valence-electron chi connectivity index (χ4n) is 2.99. The topological polar surface area (TPSA) is 92.1 Å². The quantitative estimate of drug-likeness (QED) is 0.569. The first kappa shape index (κ1) is 19.6. The van der Waals surface area contributed by atoms with Crippen molar-refractivity contribution >= 4 is 5.91 Å². The lowest BCUT2D eigenvalue weighted by Gasteiger charge is -2.10. The molecule has 0 spiro atoms. The van der Waals surface area contributed by atoms with E-state index >= 15 is 0 Å². The van der Waals surface area contributed by atoms with Crippen LogP contribution < -0.4 is 24.3 Å². The summed E-state index contributed by atoms with van der Waals surface area (Å²) in [5.74, 6) is 3.13. The molecule has 30 heavy (non-hydrogen) atoms. The maximum atomic E-state index is 12.4. The maximum Gasteiger partial charge on any atom is 0.251 e. The van der Waals surface area contributed by atoms with Crippen LogP contribution in [0.4, 0.5) is 0 Å². The minimum atomic E-state index is -0.202. The van der Waals surface area contributed by atoms with Crippen LogP contribution in [-0.2, 0) is 6.61 Å². The summed E-state index contributed by atoms with van der Waals surface area (Å²) in [7, 11) is 0. The number of benzene rings is 2. The van der Waals surface area contributed by atoms with Gasteiger partial charge in [-0.15, -0.1) is 0 Å². The van der Waals surface area contributed by atoms with Crippen molar-refractivity contribution < 1.29 is 28.3 Å². The van der Waals surface area contributed by atoms with Crippen LogP contribution in [0, 0.1) is 13.8 Å². The Labute approximate surface area is 173 Å². The van der Waals surface area contributed by atoms with Gasteiger partial charge in [-0.2, -0.15) is 0 Å². The Kier molecular flexibility index (Phi) is 5.74. The number of carbonyl (C=O) groups excluding carboxylic acids is 1. The largest absolute Gasteiger partial charge is 0.492 e. The van der Waals surface area contributed by atoms with Crippen molar-refractivity contribution in [2.45, 2.75) is 20.5 Å². The number of hydrogen-bond acceptors (Lipinski definition) is 7. The molecule has 8 nitrogen and oxygen atoms in total. The van der Waals surface area contributed by atoms with Gasteiger partial charge in [0, 0.05) is 11.6 Å².